The molecule has 2 aromatic rings. The quantitative estimate of drug-likeness (QED) is 0.668. The Balaban J connectivity index is 2.32. The van der Waals surface area contributed by atoms with Gasteiger partial charge in [0.25, 0.3) is 5.91 Å². The molecule has 2 rings (SSSR count). The average Bonchev–Trinajstić information content (AvgIpc) is 2.95. The lowest BCUT2D eigenvalue weighted by Crippen LogP contribution is -2.23. The summed E-state index contributed by atoms with van der Waals surface area (Å²) in [6.45, 7) is 4.02. The number of aromatic nitrogens is 2. The van der Waals surface area contributed by atoms with E-state index in [1.165, 1.54) is 26.2 Å². The highest BCUT2D eigenvalue weighted by atomic mass is 127. The van der Waals surface area contributed by atoms with Gasteiger partial charge in [-0.3, -0.25) is 9.89 Å². The maximum Gasteiger partial charge on any atom is 0.257 e. The van der Waals surface area contributed by atoms with Crippen LogP contribution in [-0.2, 0) is 10.0 Å². The number of aromatic amines is 1. The Morgan fingerprint density at radius 1 is 1.29 bits per heavy atom. The fraction of sp³-hybridized carbons (Fsp3) is 0.333. The van der Waals surface area contributed by atoms with Crippen molar-refractivity contribution in [1.29, 1.82) is 0 Å². The summed E-state index contributed by atoms with van der Waals surface area (Å²) < 4.78 is 26.2. The molecule has 0 aliphatic carbocycles. The monoisotopic (exact) mass is 462 g/mol. The predicted molar refractivity (Wildman–Crippen MR) is 101 cm³/mol. The molecule has 0 fully saturated rings. The third kappa shape index (κ3) is 3.95. The van der Waals surface area contributed by atoms with Crippen LogP contribution in [0.25, 0.3) is 0 Å². The minimum absolute atomic E-state index is 0.0722. The van der Waals surface area contributed by atoms with E-state index in [2.05, 4.69) is 15.5 Å². The summed E-state index contributed by atoms with van der Waals surface area (Å²) in [7, 11) is -0.704. The number of carbonyl (C=O) groups excluding carboxylic acids is 1. The zero-order valence-corrected chi connectivity index (χ0v) is 16.8. The van der Waals surface area contributed by atoms with E-state index < -0.39 is 15.9 Å². The number of sulfonamides is 1. The van der Waals surface area contributed by atoms with Gasteiger partial charge in [-0.05, 0) is 46.7 Å². The second-order valence-corrected chi connectivity index (χ2v) is 9.06. The van der Waals surface area contributed by atoms with Crippen LogP contribution in [0.15, 0.2) is 29.2 Å². The normalized spacial score (nSPS) is 12.0. The maximum atomic E-state index is 12.5. The van der Waals surface area contributed by atoms with Crippen LogP contribution in [0, 0.1) is 3.57 Å². The molecule has 0 unspecified atom stereocenters. The number of hydrogen-bond donors (Lipinski definition) is 2. The van der Waals surface area contributed by atoms with Gasteiger partial charge in [0.05, 0.1) is 10.5 Å². The van der Waals surface area contributed by atoms with Crippen LogP contribution in [0.1, 0.15) is 35.8 Å². The Morgan fingerprint density at radius 2 is 1.96 bits per heavy atom. The molecule has 1 aromatic carbocycles. The van der Waals surface area contributed by atoms with E-state index in [1.807, 2.05) is 36.4 Å². The van der Waals surface area contributed by atoms with Crippen molar-refractivity contribution in [2.45, 2.75) is 24.7 Å². The zero-order chi connectivity index (χ0) is 18.1. The molecule has 0 aliphatic rings. The van der Waals surface area contributed by atoms with Gasteiger partial charge in [0, 0.05) is 29.4 Å². The molecule has 1 aromatic heterocycles. The number of halogens is 1. The van der Waals surface area contributed by atoms with Crippen LogP contribution < -0.4 is 5.32 Å². The highest BCUT2D eigenvalue weighted by Crippen LogP contribution is 2.21. The largest absolute Gasteiger partial charge is 0.305 e. The summed E-state index contributed by atoms with van der Waals surface area (Å²) in [5.74, 6) is 0.259. The first-order valence-corrected chi connectivity index (χ1v) is 9.73. The lowest BCUT2D eigenvalue weighted by atomic mass is 10.1. The first-order chi connectivity index (χ1) is 11.1. The smallest absolute Gasteiger partial charge is 0.257 e. The van der Waals surface area contributed by atoms with Gasteiger partial charge in [-0.25, -0.2) is 12.7 Å². The van der Waals surface area contributed by atoms with Crippen LogP contribution in [0.4, 0.5) is 5.82 Å². The summed E-state index contributed by atoms with van der Waals surface area (Å²) in [5, 5.41) is 9.59. The molecule has 1 heterocycles. The Morgan fingerprint density at radius 3 is 2.50 bits per heavy atom. The number of carbonyl (C=O) groups is 1. The van der Waals surface area contributed by atoms with Crippen molar-refractivity contribution in [1.82, 2.24) is 14.5 Å². The van der Waals surface area contributed by atoms with E-state index in [0.29, 0.717) is 9.39 Å². The van der Waals surface area contributed by atoms with Crippen LogP contribution in [0.2, 0.25) is 0 Å². The zero-order valence-electron chi connectivity index (χ0n) is 13.8. The molecular weight excluding hydrogens is 443 g/mol. The molecule has 0 atom stereocenters. The van der Waals surface area contributed by atoms with Crippen LogP contribution in [0.3, 0.4) is 0 Å². The second-order valence-electron chi connectivity index (χ2n) is 5.75. The molecule has 0 spiro atoms. The fourth-order valence-electron chi connectivity index (χ4n) is 1.93. The molecule has 0 saturated heterocycles. The topological polar surface area (TPSA) is 95.2 Å². The number of nitrogens with one attached hydrogen (secondary N) is 2. The number of benzene rings is 1. The minimum atomic E-state index is -3.60. The number of nitrogens with zero attached hydrogens (tertiary/aromatic N) is 2. The van der Waals surface area contributed by atoms with Gasteiger partial charge in [0.15, 0.2) is 5.82 Å². The summed E-state index contributed by atoms with van der Waals surface area (Å²) in [6.07, 6.45) is 0. The van der Waals surface area contributed by atoms with E-state index >= 15 is 0 Å². The maximum absolute atomic E-state index is 12.5. The standard InChI is InChI=1S/C15H19IN4O3S/c1-9(2)13-8-14(19-18-13)17-15(21)11-7-10(5-6-12(11)16)24(22,23)20(3)4/h5-9H,1-4H3,(H2,17,18,19,21). The predicted octanol–water partition coefficient (Wildman–Crippen LogP) is 2.64. The first kappa shape index (κ1) is 18.9. The summed E-state index contributed by atoms with van der Waals surface area (Å²) >= 11 is 2.00. The van der Waals surface area contributed by atoms with Crippen LogP contribution >= 0.6 is 22.6 Å². The Labute approximate surface area is 155 Å². The molecule has 130 valence electrons. The lowest BCUT2D eigenvalue weighted by Gasteiger charge is -2.13. The molecule has 24 heavy (non-hydrogen) atoms. The van der Waals surface area contributed by atoms with Gasteiger partial charge < -0.3 is 5.32 Å². The summed E-state index contributed by atoms with van der Waals surface area (Å²) in [6, 6.07) is 6.23. The van der Waals surface area contributed by atoms with Gasteiger partial charge in [-0.15, -0.1) is 0 Å². The Kier molecular flexibility index (Phi) is 5.66. The molecule has 2 N–H and O–H groups in total. The number of amides is 1. The van der Waals surface area contributed by atoms with E-state index in [0.717, 1.165) is 10.00 Å². The molecule has 7 nitrogen and oxygen atoms in total. The highest BCUT2D eigenvalue weighted by molar-refractivity contribution is 14.1. The molecule has 0 aliphatic heterocycles. The van der Waals surface area contributed by atoms with Crippen molar-refractivity contribution in [2.75, 3.05) is 19.4 Å². The lowest BCUT2D eigenvalue weighted by molar-refractivity contribution is 0.102. The van der Waals surface area contributed by atoms with Crippen LogP contribution in [0.5, 0.6) is 0 Å². The highest BCUT2D eigenvalue weighted by Gasteiger charge is 2.21. The summed E-state index contributed by atoms with van der Waals surface area (Å²) in [4.78, 5) is 12.6. The SMILES string of the molecule is CC(C)c1cc(NC(=O)c2cc(S(=O)(=O)N(C)C)ccc2I)n[nH]1. The van der Waals surface area contributed by atoms with Crippen molar-refractivity contribution in [2.24, 2.45) is 0 Å². The molecule has 0 bridgehead atoms. The molecular formula is C15H19IN4O3S. The number of anilines is 1. The number of rotatable bonds is 5. The fourth-order valence-corrected chi connectivity index (χ4v) is 3.44. The van der Waals surface area contributed by atoms with E-state index in [9.17, 15) is 13.2 Å². The van der Waals surface area contributed by atoms with E-state index in [1.54, 1.807) is 12.1 Å². The van der Waals surface area contributed by atoms with Gasteiger partial charge in [0.2, 0.25) is 10.0 Å². The molecule has 0 radical (unpaired) electrons. The Bertz CT molecular complexity index is 859. The van der Waals surface area contributed by atoms with Crippen molar-refractivity contribution in [3.8, 4) is 0 Å². The first-order valence-electron chi connectivity index (χ1n) is 7.21. The van der Waals surface area contributed by atoms with Crippen molar-refractivity contribution in [3.05, 3.63) is 39.1 Å². The van der Waals surface area contributed by atoms with Crippen molar-refractivity contribution in [3.63, 3.8) is 0 Å². The third-order valence-electron chi connectivity index (χ3n) is 3.42. The van der Waals surface area contributed by atoms with Gasteiger partial charge in [-0.2, -0.15) is 5.10 Å². The van der Waals surface area contributed by atoms with Gasteiger partial charge in [-0.1, -0.05) is 13.8 Å². The summed E-state index contributed by atoms with van der Waals surface area (Å²) in [5.41, 5.74) is 1.19. The van der Waals surface area contributed by atoms with E-state index in [4.69, 9.17) is 0 Å². The van der Waals surface area contributed by atoms with Gasteiger partial charge >= 0.3 is 0 Å². The minimum Gasteiger partial charge on any atom is -0.305 e. The third-order valence-corrected chi connectivity index (χ3v) is 6.17. The van der Waals surface area contributed by atoms with Crippen molar-refractivity contribution < 1.29 is 13.2 Å². The van der Waals surface area contributed by atoms with Crippen LogP contribution in [-0.4, -0.2) is 42.9 Å². The number of hydrogen-bond acceptors (Lipinski definition) is 4. The second kappa shape index (κ2) is 7.19. The number of H-pyrrole nitrogens is 1. The average molecular weight is 462 g/mol. The van der Waals surface area contributed by atoms with Crippen molar-refractivity contribution >= 4 is 44.3 Å². The van der Waals surface area contributed by atoms with E-state index in [-0.39, 0.29) is 16.4 Å². The molecule has 0 saturated carbocycles. The molecule has 9 heteroatoms. The van der Waals surface area contributed by atoms with Gasteiger partial charge in [0.1, 0.15) is 0 Å². The Hall–Kier alpha value is -1.46. The molecule has 1 amide bonds.